The van der Waals surface area contributed by atoms with Gasteiger partial charge in [-0.05, 0) is 87.8 Å². The van der Waals surface area contributed by atoms with Crippen LogP contribution in [0.4, 0.5) is 10.1 Å². The van der Waals surface area contributed by atoms with Crippen LogP contribution in [0, 0.1) is 26.7 Å². The lowest BCUT2D eigenvalue weighted by Gasteiger charge is -2.31. The smallest absolute Gasteiger partial charge is 0.251 e. The quantitative estimate of drug-likeness (QED) is 0.454. The van der Waals surface area contributed by atoms with Gasteiger partial charge in [0.1, 0.15) is 10.0 Å². The Kier molecular flexibility index (Phi) is 6.73. The first-order valence-electron chi connectivity index (χ1n) is 11.8. The molecule has 7 heteroatoms. The molecular formula is C27H31Cl2FN2O2. The van der Waals surface area contributed by atoms with Crippen LogP contribution >= 0.6 is 23.2 Å². The van der Waals surface area contributed by atoms with Crippen LogP contribution in [0.15, 0.2) is 36.4 Å². The van der Waals surface area contributed by atoms with Crippen molar-refractivity contribution in [2.75, 3.05) is 5.32 Å². The Labute approximate surface area is 210 Å². The minimum absolute atomic E-state index is 0.0488. The largest absolute Gasteiger partial charge is 0.349 e. The third-order valence-corrected chi connectivity index (χ3v) is 8.28. The van der Waals surface area contributed by atoms with E-state index in [9.17, 15) is 14.0 Å². The van der Waals surface area contributed by atoms with Crippen LogP contribution in [0.5, 0.6) is 0 Å². The molecule has 0 bridgehead atoms. The summed E-state index contributed by atoms with van der Waals surface area (Å²) in [5.41, 5.74) is 3.86. The third kappa shape index (κ3) is 5.11. The summed E-state index contributed by atoms with van der Waals surface area (Å²) in [6.45, 7) is 7.51. The van der Waals surface area contributed by atoms with Gasteiger partial charge in [0.2, 0.25) is 5.91 Å². The van der Waals surface area contributed by atoms with E-state index < -0.39 is 15.9 Å². The van der Waals surface area contributed by atoms with Gasteiger partial charge in [-0.1, -0.05) is 24.3 Å². The molecule has 4 nitrogen and oxygen atoms in total. The first-order valence-corrected chi connectivity index (χ1v) is 12.5. The van der Waals surface area contributed by atoms with Gasteiger partial charge in [0, 0.05) is 23.2 Å². The van der Waals surface area contributed by atoms with Crippen LogP contribution < -0.4 is 10.6 Å². The van der Waals surface area contributed by atoms with E-state index in [2.05, 4.69) is 10.6 Å². The van der Waals surface area contributed by atoms with E-state index in [0.717, 1.165) is 22.3 Å². The summed E-state index contributed by atoms with van der Waals surface area (Å²) in [7, 11) is 0. The van der Waals surface area contributed by atoms with E-state index in [4.69, 9.17) is 23.2 Å². The molecule has 2 fully saturated rings. The number of aryl methyl sites for hydroxylation is 3. The van der Waals surface area contributed by atoms with Crippen LogP contribution in [0.25, 0.3) is 0 Å². The molecule has 2 atom stereocenters. The highest BCUT2D eigenvalue weighted by Gasteiger charge is 2.67. The van der Waals surface area contributed by atoms with Crippen molar-refractivity contribution in [2.24, 2.45) is 5.92 Å². The average molecular weight is 505 g/mol. The number of rotatable bonds is 5. The van der Waals surface area contributed by atoms with Gasteiger partial charge >= 0.3 is 0 Å². The maximum absolute atomic E-state index is 14.1. The van der Waals surface area contributed by atoms with Gasteiger partial charge in [-0.2, -0.15) is 0 Å². The first-order chi connectivity index (χ1) is 15.9. The van der Waals surface area contributed by atoms with Crippen LogP contribution in [-0.2, 0) is 4.79 Å². The number of carbonyl (C=O) groups is 2. The normalized spacial score (nSPS) is 27.7. The fourth-order valence-corrected chi connectivity index (χ4v) is 5.65. The molecule has 2 saturated carbocycles. The molecule has 2 aromatic rings. The monoisotopic (exact) mass is 504 g/mol. The number of amides is 2. The highest BCUT2D eigenvalue weighted by atomic mass is 35.5. The molecule has 0 radical (unpaired) electrons. The van der Waals surface area contributed by atoms with Crippen molar-refractivity contribution >= 4 is 40.7 Å². The third-order valence-electron chi connectivity index (χ3n) is 7.34. The number of halogens is 3. The fraction of sp³-hybridized carbons (Fsp3) is 0.481. The number of benzene rings is 2. The maximum Gasteiger partial charge on any atom is 0.251 e. The Morgan fingerprint density at radius 3 is 2.26 bits per heavy atom. The lowest BCUT2D eigenvalue weighted by atomic mass is 9.85. The highest BCUT2D eigenvalue weighted by molar-refractivity contribution is 6.53. The van der Waals surface area contributed by atoms with Gasteiger partial charge < -0.3 is 10.6 Å². The molecule has 0 heterocycles. The van der Waals surface area contributed by atoms with E-state index >= 15 is 0 Å². The van der Waals surface area contributed by atoms with Gasteiger partial charge in [0.15, 0.2) is 0 Å². The van der Waals surface area contributed by atoms with E-state index in [1.165, 1.54) is 0 Å². The van der Waals surface area contributed by atoms with E-state index in [1.807, 2.05) is 39.0 Å². The predicted octanol–water partition coefficient (Wildman–Crippen LogP) is 6.54. The van der Waals surface area contributed by atoms with Crippen molar-refractivity contribution < 1.29 is 14.0 Å². The second kappa shape index (κ2) is 9.16. The molecule has 2 aliphatic rings. The summed E-state index contributed by atoms with van der Waals surface area (Å²) >= 11 is 13.0. The summed E-state index contributed by atoms with van der Waals surface area (Å²) < 4.78 is 12.9. The molecule has 0 saturated heterocycles. The molecule has 2 N–H and O–H groups in total. The zero-order valence-corrected chi connectivity index (χ0v) is 21.5. The molecule has 0 aliphatic heterocycles. The van der Waals surface area contributed by atoms with Crippen molar-refractivity contribution in [1.82, 2.24) is 5.32 Å². The van der Waals surface area contributed by atoms with Crippen molar-refractivity contribution in [3.8, 4) is 0 Å². The number of alkyl halides is 3. The lowest BCUT2D eigenvalue weighted by molar-refractivity contribution is -0.117. The van der Waals surface area contributed by atoms with Crippen molar-refractivity contribution in [3.05, 3.63) is 64.2 Å². The van der Waals surface area contributed by atoms with Crippen LogP contribution in [-0.4, -0.2) is 27.9 Å². The molecule has 2 aliphatic carbocycles. The predicted molar refractivity (Wildman–Crippen MR) is 136 cm³/mol. The molecule has 4 rings (SSSR count). The zero-order chi connectivity index (χ0) is 24.8. The Bertz CT molecular complexity index is 1120. The Morgan fingerprint density at radius 2 is 1.62 bits per heavy atom. The van der Waals surface area contributed by atoms with Crippen molar-refractivity contribution in [2.45, 2.75) is 75.3 Å². The number of hydrogen-bond donors (Lipinski definition) is 2. The Balaban J connectivity index is 1.44. The average Bonchev–Trinajstić information content (AvgIpc) is 3.35. The summed E-state index contributed by atoms with van der Waals surface area (Å²) in [6.07, 6.45) is 2.11. The second-order valence-electron chi connectivity index (χ2n) is 10.2. The maximum atomic E-state index is 14.1. The number of carbonyl (C=O) groups excluding carboxylic acids is 2. The van der Waals surface area contributed by atoms with Crippen molar-refractivity contribution in [1.29, 1.82) is 0 Å². The molecule has 0 spiro atoms. The van der Waals surface area contributed by atoms with Crippen LogP contribution in [0.3, 0.4) is 0 Å². The molecule has 2 unspecified atom stereocenters. The Morgan fingerprint density at radius 1 is 0.971 bits per heavy atom. The molecule has 2 amide bonds. The van der Waals surface area contributed by atoms with E-state index in [0.29, 0.717) is 36.9 Å². The molecule has 2 aromatic carbocycles. The fourth-order valence-electron chi connectivity index (χ4n) is 4.82. The van der Waals surface area contributed by atoms with Crippen LogP contribution in [0.1, 0.15) is 71.1 Å². The molecule has 182 valence electrons. The standard InChI is InChI=1S/C27H31Cl2FN2O2/c1-15-5-7-18(13-17(15)3)22-23(27(22,28)29)25(34)32-20-8-6-16(2)21(14-20)24(33)31-19-9-11-26(4,30)12-10-19/h5-8,13-14,19,22-23H,9-12H2,1-4H3,(H,31,33)(H,32,34). The summed E-state index contributed by atoms with van der Waals surface area (Å²) in [4.78, 5) is 26.0. The Hall–Kier alpha value is -2.11. The summed E-state index contributed by atoms with van der Waals surface area (Å²) in [5.74, 6) is -1.38. The minimum atomic E-state index is -1.18. The molecule has 34 heavy (non-hydrogen) atoms. The van der Waals surface area contributed by atoms with E-state index in [1.54, 1.807) is 25.1 Å². The number of anilines is 1. The second-order valence-corrected chi connectivity index (χ2v) is 11.6. The van der Waals surface area contributed by atoms with Gasteiger partial charge in [-0.25, -0.2) is 4.39 Å². The van der Waals surface area contributed by atoms with Gasteiger partial charge in [-0.15, -0.1) is 23.2 Å². The zero-order valence-electron chi connectivity index (χ0n) is 20.0. The molecular weight excluding hydrogens is 474 g/mol. The van der Waals surface area contributed by atoms with Gasteiger partial charge in [0.05, 0.1) is 5.92 Å². The molecule has 0 aromatic heterocycles. The van der Waals surface area contributed by atoms with Crippen LogP contribution in [0.2, 0.25) is 0 Å². The van der Waals surface area contributed by atoms with Crippen molar-refractivity contribution in [3.63, 3.8) is 0 Å². The number of nitrogens with one attached hydrogen (secondary N) is 2. The van der Waals surface area contributed by atoms with Gasteiger partial charge in [-0.3, -0.25) is 9.59 Å². The topological polar surface area (TPSA) is 58.2 Å². The van der Waals surface area contributed by atoms with E-state index in [-0.39, 0.29) is 23.8 Å². The lowest BCUT2D eigenvalue weighted by Crippen LogP contribution is -2.40. The minimum Gasteiger partial charge on any atom is -0.349 e. The first kappa shape index (κ1) is 25.0. The highest BCUT2D eigenvalue weighted by Crippen LogP contribution is 2.65. The summed E-state index contributed by atoms with van der Waals surface area (Å²) in [6, 6.07) is 11.2. The van der Waals surface area contributed by atoms with Gasteiger partial charge in [0.25, 0.3) is 5.91 Å². The number of hydrogen-bond acceptors (Lipinski definition) is 2. The SMILES string of the molecule is Cc1ccc(C2C(C(=O)Nc3ccc(C)c(C(=O)NC4CCC(C)(F)CC4)c3)C2(Cl)Cl)cc1C. The summed E-state index contributed by atoms with van der Waals surface area (Å²) in [5, 5.41) is 5.91.